The Morgan fingerprint density at radius 1 is 0.390 bits per heavy atom. The van der Waals surface area contributed by atoms with Gasteiger partial charge in [0.05, 0.1) is 51.0 Å². The molecule has 0 atom stereocenters. The summed E-state index contributed by atoms with van der Waals surface area (Å²) in [7, 11) is 4.77. The quantitative estimate of drug-likeness (QED) is 0.0432. The van der Waals surface area contributed by atoms with Crippen molar-refractivity contribution in [2.24, 2.45) is 0 Å². The molecule has 0 aliphatic carbocycles. The van der Waals surface area contributed by atoms with Crippen LogP contribution >= 0.6 is 58.6 Å². The van der Waals surface area contributed by atoms with Crippen molar-refractivity contribution in [2.75, 3.05) is 57.3 Å². The molecule has 0 bridgehead atoms. The number of piperidine rings is 2. The first kappa shape index (κ1) is 97.2. The highest BCUT2D eigenvalue weighted by Gasteiger charge is 2.33. The SMILES string of the molecule is CCCCn1c(C)cc2oc(=O)c(Sc3cccc(C(F)(F)F)c3)c(O)c2c1=O.CCCCn1c(C)cc2oc(=O)c(Sc3cccc(Cl)c3)c(O)c2c1=O.COc1ccc(Cn2c(=O)c3c(O)c(Sc4cccc(C)c4)c(=O)oc3c3cc(N4CCCCC4)ccc32)cc1.COc1ccc(Cn2c(=O)c3c(O)c(Sc4cccc(OC)c4)c(=O)oc3c3cc(N4CCCCC4)ccc32)cc1. The summed E-state index contributed by atoms with van der Waals surface area (Å²) in [4.78, 5) is 111. The van der Waals surface area contributed by atoms with Gasteiger partial charge in [0.25, 0.3) is 22.2 Å². The summed E-state index contributed by atoms with van der Waals surface area (Å²) in [6.45, 7) is 14.7. The summed E-state index contributed by atoms with van der Waals surface area (Å²) in [5.74, 6) is 0.375. The lowest BCUT2D eigenvalue weighted by Crippen LogP contribution is -2.29. The predicted octanol–water partition coefficient (Wildman–Crippen LogP) is 21.9. The van der Waals surface area contributed by atoms with Gasteiger partial charge in [0.15, 0.2) is 34.2 Å². The molecular weight excluding hydrogens is 1850 g/mol. The minimum absolute atomic E-state index is 0.00210. The van der Waals surface area contributed by atoms with Gasteiger partial charge in [0, 0.05) is 110 Å². The van der Waals surface area contributed by atoms with Crippen molar-refractivity contribution in [3.8, 4) is 40.2 Å². The van der Waals surface area contributed by atoms with E-state index in [0.717, 1.165) is 164 Å². The zero-order valence-electron chi connectivity index (χ0n) is 75.4. The average Bonchev–Trinajstić information content (AvgIpc) is 0.976. The number of aromatic nitrogens is 4. The predicted molar refractivity (Wildman–Crippen MR) is 528 cm³/mol. The fraction of sp³-hybridized carbons (Fsp3) is 0.262. The number of nitrogens with zero attached hydrogens (tertiary/aromatic N) is 6. The highest BCUT2D eigenvalue weighted by molar-refractivity contribution is 8.00. The first-order valence-corrected chi connectivity index (χ1v) is 47.7. The number of methoxy groups -OCH3 is 3. The number of halogens is 4. The highest BCUT2D eigenvalue weighted by atomic mass is 35.5. The second-order valence-electron chi connectivity index (χ2n) is 32.7. The van der Waals surface area contributed by atoms with Crippen LogP contribution in [0.15, 0.2) is 289 Å². The van der Waals surface area contributed by atoms with Crippen LogP contribution in [0.4, 0.5) is 24.5 Å². The zero-order valence-corrected chi connectivity index (χ0v) is 79.5. The van der Waals surface area contributed by atoms with Gasteiger partial charge in [-0.2, -0.15) is 13.2 Å². The first-order chi connectivity index (χ1) is 65.4. The molecule has 0 radical (unpaired) electrons. The Bertz CT molecular complexity index is 7760. The molecule has 33 heteroatoms. The Labute approximate surface area is 797 Å². The van der Waals surface area contributed by atoms with Crippen molar-refractivity contribution in [1.82, 2.24) is 18.3 Å². The van der Waals surface area contributed by atoms with Crippen LogP contribution in [-0.4, -0.2) is 86.2 Å². The monoisotopic (exact) mass is 1940 g/mol. The van der Waals surface area contributed by atoms with E-state index < -0.39 is 56.7 Å². The number of rotatable bonds is 23. The lowest BCUT2D eigenvalue weighted by atomic mass is 10.1. The smallest absolute Gasteiger partial charge is 0.416 e. The van der Waals surface area contributed by atoms with Gasteiger partial charge < -0.3 is 80.4 Å². The number of fused-ring (bicyclic) bond motifs is 8. The summed E-state index contributed by atoms with van der Waals surface area (Å²) >= 11 is 9.73. The van der Waals surface area contributed by atoms with E-state index in [9.17, 15) is 72.0 Å². The van der Waals surface area contributed by atoms with Gasteiger partial charge in [0.1, 0.15) is 69.5 Å². The molecule has 0 amide bonds. The lowest BCUT2D eigenvalue weighted by Gasteiger charge is -2.29. The molecule has 704 valence electrons. The minimum atomic E-state index is -4.54. The third kappa shape index (κ3) is 21.3. The number of ether oxygens (including phenoxy) is 3. The third-order valence-electron chi connectivity index (χ3n) is 23.5. The first-order valence-electron chi connectivity index (χ1n) is 44.1. The molecule has 16 aromatic rings. The molecule has 0 saturated carbocycles. The average molecular weight is 1940 g/mol. The number of hydrogen-bond donors (Lipinski definition) is 4. The molecule has 2 saturated heterocycles. The van der Waals surface area contributed by atoms with Gasteiger partial charge in [-0.25, -0.2) is 19.2 Å². The maximum Gasteiger partial charge on any atom is 0.416 e. The van der Waals surface area contributed by atoms with Crippen LogP contribution in [0.25, 0.3) is 65.7 Å². The summed E-state index contributed by atoms with van der Waals surface area (Å²) < 4.78 is 83.2. The van der Waals surface area contributed by atoms with E-state index in [1.165, 1.54) is 35.6 Å². The summed E-state index contributed by atoms with van der Waals surface area (Å²) in [6.07, 6.45) is 5.69. The lowest BCUT2D eigenvalue weighted by molar-refractivity contribution is -0.137. The maximum absolute atomic E-state index is 14.1. The van der Waals surface area contributed by atoms with E-state index in [-0.39, 0.29) is 104 Å². The van der Waals surface area contributed by atoms with Crippen molar-refractivity contribution in [3.05, 3.63) is 316 Å². The minimum Gasteiger partial charge on any atom is -0.505 e. The Morgan fingerprint density at radius 2 is 0.757 bits per heavy atom. The van der Waals surface area contributed by atoms with Crippen molar-refractivity contribution in [3.63, 3.8) is 0 Å². The molecule has 8 aromatic carbocycles. The second kappa shape index (κ2) is 42.7. The van der Waals surface area contributed by atoms with Gasteiger partial charge in [-0.05, 0) is 211 Å². The molecule has 2 aliphatic heterocycles. The maximum atomic E-state index is 14.1. The van der Waals surface area contributed by atoms with Crippen LogP contribution in [0.2, 0.25) is 5.02 Å². The molecule has 2 aliphatic rings. The number of alkyl halides is 3. The van der Waals surface area contributed by atoms with Gasteiger partial charge in [-0.1, -0.05) is 145 Å². The van der Waals surface area contributed by atoms with Crippen LogP contribution in [0.5, 0.6) is 40.2 Å². The van der Waals surface area contributed by atoms with Gasteiger partial charge >= 0.3 is 28.7 Å². The Morgan fingerprint density at radius 3 is 1.15 bits per heavy atom. The second-order valence-corrected chi connectivity index (χ2v) is 37.5. The topological polar surface area (TPSA) is 324 Å². The molecule has 0 spiro atoms. The number of hydrogen-bond acceptors (Lipinski definition) is 25. The van der Waals surface area contributed by atoms with Gasteiger partial charge in [-0.15, -0.1) is 0 Å². The van der Waals surface area contributed by atoms with Gasteiger partial charge in [-0.3, -0.25) is 19.2 Å². The molecule has 4 N–H and O–H groups in total. The molecule has 18 rings (SSSR count). The van der Waals surface area contributed by atoms with Crippen molar-refractivity contribution >= 4 is 136 Å². The third-order valence-corrected chi connectivity index (χ3v) is 27.9. The van der Waals surface area contributed by atoms with E-state index in [4.69, 9.17) is 43.5 Å². The van der Waals surface area contributed by atoms with E-state index >= 15 is 0 Å². The van der Waals surface area contributed by atoms with E-state index in [2.05, 4.69) is 9.80 Å². The molecule has 2 fully saturated rings. The number of unbranched alkanes of at least 4 members (excludes halogenated alkanes) is 2. The van der Waals surface area contributed by atoms with Crippen LogP contribution in [0.3, 0.4) is 0 Å². The zero-order chi connectivity index (χ0) is 96.5. The molecule has 136 heavy (non-hydrogen) atoms. The fourth-order valence-corrected chi connectivity index (χ4v) is 20.3. The summed E-state index contributed by atoms with van der Waals surface area (Å²) in [5.41, 5.74) is 1.94. The van der Waals surface area contributed by atoms with Crippen LogP contribution in [0.1, 0.15) is 112 Å². The number of pyridine rings is 4. The number of benzene rings is 8. The Kier molecular flexibility index (Phi) is 30.5. The number of anilines is 2. The normalized spacial score (nSPS) is 12.8. The largest absolute Gasteiger partial charge is 0.505 e. The van der Waals surface area contributed by atoms with Crippen molar-refractivity contribution in [2.45, 2.75) is 170 Å². The van der Waals surface area contributed by atoms with Crippen LogP contribution < -0.4 is 68.7 Å². The summed E-state index contributed by atoms with van der Waals surface area (Å²) in [5, 5.41) is 45.8. The van der Waals surface area contributed by atoms with Crippen molar-refractivity contribution in [1.29, 1.82) is 0 Å². The van der Waals surface area contributed by atoms with Crippen molar-refractivity contribution < 1.29 is 65.5 Å². The van der Waals surface area contributed by atoms with E-state index in [1.54, 1.807) is 103 Å². The van der Waals surface area contributed by atoms with Gasteiger partial charge in [0.2, 0.25) is 0 Å². The number of aromatic hydroxyl groups is 4. The Hall–Kier alpha value is -13.4. The molecule has 25 nitrogen and oxygen atoms in total. The van der Waals surface area contributed by atoms with Crippen LogP contribution in [-0.2, 0) is 32.4 Å². The Balaban J connectivity index is 0.000000140. The molecule has 8 aromatic heterocycles. The molecular formula is C103H96ClF3N6O19S4. The fourth-order valence-electron chi connectivity index (χ4n) is 16.4. The standard InChI is InChI=1S/C32H30N2O6S.C32H30N2O5S.C20H18F3NO4S.C19H18ClNO4S/c1-38-22-12-9-20(10-13-22)19-34-26-14-11-21(33-15-4-3-5-16-33)17-25(26)29-27(31(34)36)28(35)30(32(37)40-29)41-24-8-6-7-23(18-24)39-2;1-20-7-6-8-24(17-20)40-30-28(35)27-29(39-32(30)37)25-18-22(33-15-4-3-5-16-33)11-14-26(25)34(31(27)36)19-21-9-12-23(38-2)13-10-21;1-3-4-8-24-11(2)9-14-15(18(24)26)16(25)17(19(27)28-14)29-13-7-5-6-12(10-13)20(21,22)23;1-3-4-8-21-11(2)9-14-15(18(21)23)16(22)17(19(24)25-14)26-13-7-5-6-12(20)10-13/h6-14,17-18,35H,3-5,15-16,19H2,1-2H3;6-14,17-18,35H,3-5,15-16,19H2,1-2H3;5-7,9-10,25H,3-4,8H2,1-2H3;5-7,9-10,22H,3-4,8H2,1-2H3. The molecule has 10 heterocycles. The van der Waals surface area contributed by atoms with E-state index in [0.29, 0.717) is 84.4 Å². The van der Waals surface area contributed by atoms with Crippen LogP contribution in [0, 0.1) is 20.8 Å². The summed E-state index contributed by atoms with van der Waals surface area (Å²) in [6, 6.07) is 55.9. The molecule has 0 unspecified atom stereocenters. The van der Waals surface area contributed by atoms with E-state index in [1.807, 2.05) is 130 Å². The highest BCUT2D eigenvalue weighted by Crippen LogP contribution is 2.44. The number of aryl methyl sites for hydroxylation is 3.